The van der Waals surface area contributed by atoms with Crippen LogP contribution in [-0.2, 0) is 0 Å². The number of anilines is 1. The number of halogens is 1. The third kappa shape index (κ3) is 2.70. The van der Waals surface area contributed by atoms with Gasteiger partial charge in [-0.1, -0.05) is 13.8 Å². The number of hydrogen-bond acceptors (Lipinski definition) is 2. The fourth-order valence-electron chi connectivity index (χ4n) is 1.41. The largest absolute Gasteiger partial charge is 0.398 e. The molecular formula is C11H16FNO. The van der Waals surface area contributed by atoms with E-state index in [0.717, 1.165) is 0 Å². The van der Waals surface area contributed by atoms with E-state index in [0.29, 0.717) is 23.6 Å². The Kier molecular flexibility index (Phi) is 3.47. The Balaban J connectivity index is 2.88. The summed E-state index contributed by atoms with van der Waals surface area (Å²) in [4.78, 5) is 0. The lowest BCUT2D eigenvalue weighted by atomic mass is 9.98. The lowest BCUT2D eigenvalue weighted by Crippen LogP contribution is -2.05. The van der Waals surface area contributed by atoms with Crippen LogP contribution in [0.3, 0.4) is 0 Å². The van der Waals surface area contributed by atoms with Crippen molar-refractivity contribution in [1.82, 2.24) is 0 Å². The predicted molar refractivity (Wildman–Crippen MR) is 55.2 cm³/mol. The molecule has 0 radical (unpaired) electrons. The van der Waals surface area contributed by atoms with Crippen molar-refractivity contribution in [3.05, 3.63) is 29.6 Å². The van der Waals surface area contributed by atoms with Crippen molar-refractivity contribution in [2.75, 3.05) is 5.73 Å². The van der Waals surface area contributed by atoms with Crippen molar-refractivity contribution in [2.24, 2.45) is 5.92 Å². The molecule has 1 unspecified atom stereocenters. The van der Waals surface area contributed by atoms with Crippen molar-refractivity contribution in [1.29, 1.82) is 0 Å². The molecular weight excluding hydrogens is 181 g/mol. The van der Waals surface area contributed by atoms with Crippen LogP contribution in [0.15, 0.2) is 18.2 Å². The van der Waals surface area contributed by atoms with E-state index in [4.69, 9.17) is 5.73 Å². The molecule has 0 aliphatic carbocycles. The van der Waals surface area contributed by atoms with E-state index in [1.807, 2.05) is 13.8 Å². The van der Waals surface area contributed by atoms with Crippen molar-refractivity contribution < 1.29 is 9.50 Å². The first kappa shape index (κ1) is 11.0. The van der Waals surface area contributed by atoms with Gasteiger partial charge in [-0.2, -0.15) is 0 Å². The molecule has 0 heterocycles. The summed E-state index contributed by atoms with van der Waals surface area (Å²) in [5, 5.41) is 9.75. The van der Waals surface area contributed by atoms with Gasteiger partial charge in [-0.3, -0.25) is 0 Å². The van der Waals surface area contributed by atoms with Crippen LogP contribution >= 0.6 is 0 Å². The zero-order chi connectivity index (χ0) is 10.7. The van der Waals surface area contributed by atoms with Crippen molar-refractivity contribution in [2.45, 2.75) is 26.4 Å². The zero-order valence-corrected chi connectivity index (χ0v) is 8.50. The summed E-state index contributed by atoms with van der Waals surface area (Å²) in [7, 11) is 0. The molecule has 0 fully saturated rings. The average Bonchev–Trinajstić information content (AvgIpc) is 2.08. The molecule has 1 rings (SSSR count). The molecule has 78 valence electrons. The summed E-state index contributed by atoms with van der Waals surface area (Å²) < 4.78 is 12.9. The van der Waals surface area contributed by atoms with Crippen molar-refractivity contribution in [3.8, 4) is 0 Å². The first-order chi connectivity index (χ1) is 6.50. The molecule has 0 aliphatic heterocycles. The maximum absolute atomic E-state index is 12.9. The Hall–Kier alpha value is -1.09. The van der Waals surface area contributed by atoms with Crippen LogP contribution in [0.5, 0.6) is 0 Å². The Morgan fingerprint density at radius 2 is 2.07 bits per heavy atom. The molecule has 0 amide bonds. The Morgan fingerprint density at radius 3 is 2.64 bits per heavy atom. The molecule has 1 aromatic rings. The van der Waals surface area contributed by atoms with Gasteiger partial charge in [-0.25, -0.2) is 4.39 Å². The highest BCUT2D eigenvalue weighted by Crippen LogP contribution is 2.26. The highest BCUT2D eigenvalue weighted by molar-refractivity contribution is 5.47. The van der Waals surface area contributed by atoms with Gasteiger partial charge < -0.3 is 10.8 Å². The second-order valence-corrected chi connectivity index (χ2v) is 3.92. The number of rotatable bonds is 3. The third-order valence-electron chi connectivity index (χ3n) is 2.10. The quantitative estimate of drug-likeness (QED) is 0.731. The average molecular weight is 197 g/mol. The van der Waals surface area contributed by atoms with Crippen LogP contribution in [0, 0.1) is 11.7 Å². The number of nitrogens with two attached hydrogens (primary N) is 1. The molecule has 3 heteroatoms. The number of benzene rings is 1. The van der Waals surface area contributed by atoms with E-state index in [1.54, 1.807) is 0 Å². The fourth-order valence-corrected chi connectivity index (χ4v) is 1.41. The Bertz CT molecular complexity index is 312. The van der Waals surface area contributed by atoms with E-state index in [9.17, 15) is 9.50 Å². The van der Waals surface area contributed by atoms with E-state index < -0.39 is 6.10 Å². The Labute approximate surface area is 83.6 Å². The molecule has 0 aliphatic rings. The standard InChI is InChI=1S/C11H16FNO/c1-7(2)5-11(14)9-6-8(12)3-4-10(9)13/h3-4,6-7,11,14H,5,13H2,1-2H3. The fraction of sp³-hybridized carbons (Fsp3) is 0.455. The maximum Gasteiger partial charge on any atom is 0.123 e. The first-order valence-electron chi connectivity index (χ1n) is 4.73. The summed E-state index contributed by atoms with van der Waals surface area (Å²) in [5.41, 5.74) is 6.57. The van der Waals surface area contributed by atoms with Gasteiger partial charge in [0.2, 0.25) is 0 Å². The second kappa shape index (κ2) is 4.42. The van der Waals surface area contributed by atoms with Gasteiger partial charge in [-0.05, 0) is 30.5 Å². The molecule has 0 aromatic heterocycles. The second-order valence-electron chi connectivity index (χ2n) is 3.92. The van der Waals surface area contributed by atoms with Crippen LogP contribution in [0.25, 0.3) is 0 Å². The van der Waals surface area contributed by atoms with Gasteiger partial charge in [0.25, 0.3) is 0 Å². The molecule has 3 N–H and O–H groups in total. The van der Waals surface area contributed by atoms with Gasteiger partial charge in [0.05, 0.1) is 6.10 Å². The first-order valence-corrected chi connectivity index (χ1v) is 4.73. The zero-order valence-electron chi connectivity index (χ0n) is 8.50. The van der Waals surface area contributed by atoms with Gasteiger partial charge in [0, 0.05) is 11.3 Å². The molecule has 0 saturated heterocycles. The van der Waals surface area contributed by atoms with Crippen molar-refractivity contribution in [3.63, 3.8) is 0 Å². The summed E-state index contributed by atoms with van der Waals surface area (Å²) in [6.07, 6.45) is -0.0844. The van der Waals surface area contributed by atoms with E-state index in [2.05, 4.69) is 0 Å². The highest BCUT2D eigenvalue weighted by Gasteiger charge is 2.13. The molecule has 0 saturated carbocycles. The normalized spacial score (nSPS) is 13.2. The lowest BCUT2D eigenvalue weighted by Gasteiger charge is -2.15. The smallest absolute Gasteiger partial charge is 0.123 e. The summed E-state index contributed by atoms with van der Waals surface area (Å²) >= 11 is 0. The van der Waals surface area contributed by atoms with Crippen LogP contribution in [0.1, 0.15) is 31.9 Å². The number of nitrogen functional groups attached to an aromatic ring is 1. The van der Waals surface area contributed by atoms with Gasteiger partial charge in [-0.15, -0.1) is 0 Å². The summed E-state index contributed by atoms with van der Waals surface area (Å²) in [6, 6.07) is 4.07. The van der Waals surface area contributed by atoms with Crippen LogP contribution in [0.4, 0.5) is 10.1 Å². The third-order valence-corrected chi connectivity index (χ3v) is 2.10. The topological polar surface area (TPSA) is 46.2 Å². The summed E-state index contributed by atoms with van der Waals surface area (Å²) in [6.45, 7) is 4.00. The molecule has 0 spiro atoms. The minimum atomic E-state index is -0.675. The Morgan fingerprint density at radius 1 is 1.43 bits per heavy atom. The molecule has 0 bridgehead atoms. The maximum atomic E-state index is 12.9. The van der Waals surface area contributed by atoms with Gasteiger partial charge >= 0.3 is 0 Å². The van der Waals surface area contributed by atoms with Gasteiger partial charge in [0.1, 0.15) is 5.82 Å². The van der Waals surface area contributed by atoms with Crippen LogP contribution in [0.2, 0.25) is 0 Å². The predicted octanol–water partition coefficient (Wildman–Crippen LogP) is 2.49. The molecule has 1 aromatic carbocycles. The number of hydrogen-bond donors (Lipinski definition) is 2. The lowest BCUT2D eigenvalue weighted by molar-refractivity contribution is 0.151. The summed E-state index contributed by atoms with van der Waals surface area (Å²) in [5.74, 6) is -0.00956. The minimum Gasteiger partial charge on any atom is -0.398 e. The van der Waals surface area contributed by atoms with Crippen LogP contribution < -0.4 is 5.73 Å². The van der Waals surface area contributed by atoms with Gasteiger partial charge in [0.15, 0.2) is 0 Å². The SMILES string of the molecule is CC(C)CC(O)c1cc(F)ccc1N. The van der Waals surface area contributed by atoms with Crippen LogP contribution in [-0.4, -0.2) is 5.11 Å². The monoisotopic (exact) mass is 197 g/mol. The number of aliphatic hydroxyl groups is 1. The highest BCUT2D eigenvalue weighted by atomic mass is 19.1. The van der Waals surface area contributed by atoms with E-state index in [1.165, 1.54) is 18.2 Å². The molecule has 1 atom stereocenters. The number of aliphatic hydroxyl groups excluding tert-OH is 1. The molecule has 2 nitrogen and oxygen atoms in total. The van der Waals surface area contributed by atoms with E-state index >= 15 is 0 Å². The minimum absolute atomic E-state index is 0.354. The molecule has 14 heavy (non-hydrogen) atoms. The van der Waals surface area contributed by atoms with Crippen molar-refractivity contribution >= 4 is 5.69 Å². The van der Waals surface area contributed by atoms with E-state index in [-0.39, 0.29) is 5.82 Å².